The van der Waals surface area contributed by atoms with Gasteiger partial charge in [0.1, 0.15) is 0 Å². The van der Waals surface area contributed by atoms with Crippen LogP contribution in [0.4, 0.5) is 0 Å². The van der Waals surface area contributed by atoms with E-state index in [1.165, 1.54) is 0 Å². The quantitative estimate of drug-likeness (QED) is 0.813. The Morgan fingerprint density at radius 2 is 2.53 bits per heavy atom. The Morgan fingerprint density at radius 1 is 1.67 bits per heavy atom. The second kappa shape index (κ2) is 4.42. The molecule has 5 nitrogen and oxygen atoms in total. The van der Waals surface area contributed by atoms with Crippen LogP contribution >= 0.6 is 0 Å². The Kier molecular flexibility index (Phi) is 2.99. The Labute approximate surface area is 89.0 Å². The number of rotatable bonds is 3. The van der Waals surface area contributed by atoms with E-state index in [0.717, 1.165) is 25.3 Å². The molecule has 0 saturated heterocycles. The zero-order valence-corrected chi connectivity index (χ0v) is 9.10. The molecule has 2 rings (SSSR count). The van der Waals surface area contributed by atoms with Gasteiger partial charge in [-0.3, -0.25) is 4.99 Å². The van der Waals surface area contributed by atoms with Crippen molar-refractivity contribution in [3.05, 3.63) is 11.7 Å². The summed E-state index contributed by atoms with van der Waals surface area (Å²) in [5, 5.41) is 7.06. The summed E-state index contributed by atoms with van der Waals surface area (Å²) in [6.07, 6.45) is 2.75. The predicted molar refractivity (Wildman–Crippen MR) is 57.1 cm³/mol. The molecule has 0 saturated carbocycles. The summed E-state index contributed by atoms with van der Waals surface area (Å²) in [5.41, 5.74) is 0. The summed E-state index contributed by atoms with van der Waals surface area (Å²) in [6, 6.07) is 0. The van der Waals surface area contributed by atoms with Crippen LogP contribution in [0.15, 0.2) is 9.52 Å². The molecule has 0 aliphatic carbocycles. The van der Waals surface area contributed by atoms with Gasteiger partial charge in [-0.2, -0.15) is 4.98 Å². The second-order valence-corrected chi connectivity index (χ2v) is 3.90. The van der Waals surface area contributed by atoms with Crippen LogP contribution in [-0.4, -0.2) is 29.6 Å². The first-order valence-electron chi connectivity index (χ1n) is 5.36. The van der Waals surface area contributed by atoms with Crippen molar-refractivity contribution in [3.63, 3.8) is 0 Å². The minimum absolute atomic E-state index is 0.223. The minimum Gasteiger partial charge on any atom is -0.376 e. The molecule has 1 aliphatic heterocycles. The van der Waals surface area contributed by atoms with Gasteiger partial charge in [-0.1, -0.05) is 19.0 Å². The molecule has 1 N–H and O–H groups in total. The van der Waals surface area contributed by atoms with Crippen LogP contribution < -0.4 is 5.32 Å². The molecule has 0 spiro atoms. The van der Waals surface area contributed by atoms with E-state index >= 15 is 0 Å². The number of aliphatic imine (C=N–C) groups is 1. The van der Waals surface area contributed by atoms with Crippen LogP contribution in [0, 0.1) is 0 Å². The molecule has 15 heavy (non-hydrogen) atoms. The van der Waals surface area contributed by atoms with E-state index < -0.39 is 0 Å². The SMILES string of the molecule is CCC(C)c1noc(C2CN=CNC2)n1. The van der Waals surface area contributed by atoms with E-state index in [9.17, 15) is 0 Å². The van der Waals surface area contributed by atoms with Gasteiger partial charge in [-0.25, -0.2) is 0 Å². The molecule has 5 heteroatoms. The van der Waals surface area contributed by atoms with Gasteiger partial charge in [-0.15, -0.1) is 0 Å². The molecule has 1 aromatic rings. The van der Waals surface area contributed by atoms with E-state index in [2.05, 4.69) is 34.3 Å². The fourth-order valence-electron chi connectivity index (χ4n) is 1.47. The number of aromatic nitrogens is 2. The van der Waals surface area contributed by atoms with E-state index in [-0.39, 0.29) is 5.92 Å². The van der Waals surface area contributed by atoms with Crippen LogP contribution in [0.1, 0.15) is 43.8 Å². The molecular weight excluding hydrogens is 192 g/mol. The molecule has 2 heterocycles. The van der Waals surface area contributed by atoms with E-state index in [4.69, 9.17) is 4.52 Å². The lowest BCUT2D eigenvalue weighted by atomic mass is 10.1. The van der Waals surface area contributed by atoms with Crippen molar-refractivity contribution in [2.24, 2.45) is 4.99 Å². The Bertz CT molecular complexity index is 347. The van der Waals surface area contributed by atoms with Crippen LogP contribution in [0.3, 0.4) is 0 Å². The van der Waals surface area contributed by atoms with Crippen LogP contribution in [0.5, 0.6) is 0 Å². The highest BCUT2D eigenvalue weighted by molar-refractivity contribution is 5.55. The maximum absolute atomic E-state index is 5.25. The summed E-state index contributed by atoms with van der Waals surface area (Å²) >= 11 is 0. The zero-order chi connectivity index (χ0) is 10.7. The van der Waals surface area contributed by atoms with Gasteiger partial charge in [-0.05, 0) is 6.42 Å². The third-order valence-electron chi connectivity index (χ3n) is 2.73. The first-order valence-corrected chi connectivity index (χ1v) is 5.36. The monoisotopic (exact) mass is 208 g/mol. The lowest BCUT2D eigenvalue weighted by Gasteiger charge is -2.13. The minimum atomic E-state index is 0.223. The van der Waals surface area contributed by atoms with Crippen molar-refractivity contribution in [1.29, 1.82) is 0 Å². The van der Waals surface area contributed by atoms with Gasteiger partial charge in [0.05, 0.1) is 18.8 Å². The van der Waals surface area contributed by atoms with Gasteiger partial charge >= 0.3 is 0 Å². The van der Waals surface area contributed by atoms with Crippen molar-refractivity contribution < 1.29 is 4.52 Å². The Balaban J connectivity index is 2.09. The molecule has 0 fully saturated rings. The summed E-state index contributed by atoms with van der Waals surface area (Å²) in [6.45, 7) is 5.78. The molecule has 2 atom stereocenters. The van der Waals surface area contributed by atoms with Gasteiger partial charge < -0.3 is 9.84 Å². The van der Waals surface area contributed by atoms with Crippen LogP contribution in [0.2, 0.25) is 0 Å². The number of hydrogen-bond donors (Lipinski definition) is 1. The molecule has 2 unspecified atom stereocenters. The maximum atomic E-state index is 5.25. The highest BCUT2D eigenvalue weighted by Crippen LogP contribution is 2.19. The highest BCUT2D eigenvalue weighted by Gasteiger charge is 2.21. The number of nitrogens with one attached hydrogen (secondary N) is 1. The average Bonchev–Trinajstić information content (AvgIpc) is 2.78. The van der Waals surface area contributed by atoms with Gasteiger partial charge in [0, 0.05) is 12.5 Å². The number of hydrogen-bond acceptors (Lipinski definition) is 5. The topological polar surface area (TPSA) is 63.3 Å². The first kappa shape index (κ1) is 10.1. The fraction of sp³-hybridized carbons (Fsp3) is 0.700. The molecule has 1 aromatic heterocycles. The highest BCUT2D eigenvalue weighted by atomic mass is 16.5. The zero-order valence-electron chi connectivity index (χ0n) is 9.10. The van der Waals surface area contributed by atoms with Gasteiger partial charge in [0.15, 0.2) is 5.82 Å². The van der Waals surface area contributed by atoms with Crippen molar-refractivity contribution in [1.82, 2.24) is 15.5 Å². The van der Waals surface area contributed by atoms with Crippen LogP contribution in [0.25, 0.3) is 0 Å². The molecule has 1 aliphatic rings. The summed E-state index contributed by atoms with van der Waals surface area (Å²) in [7, 11) is 0. The lowest BCUT2D eigenvalue weighted by Crippen LogP contribution is -2.27. The van der Waals surface area contributed by atoms with E-state index in [1.807, 2.05) is 0 Å². The number of nitrogens with zero attached hydrogens (tertiary/aromatic N) is 3. The van der Waals surface area contributed by atoms with Gasteiger partial charge in [0.2, 0.25) is 5.89 Å². The smallest absolute Gasteiger partial charge is 0.233 e. The first-order chi connectivity index (χ1) is 7.31. The normalized spacial score (nSPS) is 22.4. The predicted octanol–water partition coefficient (Wildman–Crippen LogP) is 1.30. The maximum Gasteiger partial charge on any atom is 0.233 e. The summed E-state index contributed by atoms with van der Waals surface area (Å²) in [4.78, 5) is 8.56. The second-order valence-electron chi connectivity index (χ2n) is 3.90. The lowest BCUT2D eigenvalue weighted by molar-refractivity contribution is 0.346. The Hall–Kier alpha value is -1.39. The van der Waals surface area contributed by atoms with Crippen molar-refractivity contribution in [2.45, 2.75) is 32.1 Å². The van der Waals surface area contributed by atoms with Crippen molar-refractivity contribution in [3.8, 4) is 0 Å². The average molecular weight is 208 g/mol. The standard InChI is InChI=1S/C10H16N4O/c1-3-7(2)9-13-10(15-14-9)8-4-11-6-12-5-8/h6-8H,3-5H2,1-2H3,(H,11,12). The molecule has 0 bridgehead atoms. The van der Waals surface area contributed by atoms with E-state index in [0.29, 0.717) is 11.8 Å². The molecule has 82 valence electrons. The molecule has 0 aromatic carbocycles. The van der Waals surface area contributed by atoms with Crippen molar-refractivity contribution >= 4 is 6.34 Å². The molecule has 0 amide bonds. The van der Waals surface area contributed by atoms with Crippen LogP contribution in [-0.2, 0) is 0 Å². The molecule has 0 radical (unpaired) electrons. The summed E-state index contributed by atoms with van der Waals surface area (Å²) in [5.74, 6) is 2.10. The third-order valence-corrected chi connectivity index (χ3v) is 2.73. The largest absolute Gasteiger partial charge is 0.376 e. The van der Waals surface area contributed by atoms with Crippen molar-refractivity contribution in [2.75, 3.05) is 13.1 Å². The third kappa shape index (κ3) is 2.16. The Morgan fingerprint density at radius 3 is 3.20 bits per heavy atom. The van der Waals surface area contributed by atoms with Gasteiger partial charge in [0.25, 0.3) is 0 Å². The fourth-order valence-corrected chi connectivity index (χ4v) is 1.47. The molecular formula is C10H16N4O. The van der Waals surface area contributed by atoms with E-state index in [1.54, 1.807) is 6.34 Å². The summed E-state index contributed by atoms with van der Waals surface area (Å²) < 4.78 is 5.25.